The van der Waals surface area contributed by atoms with Gasteiger partial charge in [-0.1, -0.05) is 18.3 Å². The smallest absolute Gasteiger partial charge is 0.277 e. The maximum Gasteiger partial charge on any atom is 0.277 e. The Labute approximate surface area is 102 Å². The Hall–Kier alpha value is -1.96. The van der Waals surface area contributed by atoms with Crippen LogP contribution in [0.4, 0.5) is 10.8 Å². The number of anilines is 2. The molecule has 17 heavy (non-hydrogen) atoms. The van der Waals surface area contributed by atoms with Gasteiger partial charge in [0.05, 0.1) is 11.4 Å². The lowest BCUT2D eigenvalue weighted by Gasteiger charge is -2.02. The second-order valence-corrected chi connectivity index (χ2v) is 4.22. The normalized spacial score (nSPS) is 10.5. The zero-order valence-electron chi connectivity index (χ0n) is 9.47. The van der Waals surface area contributed by atoms with Crippen LogP contribution in [0.2, 0.25) is 0 Å². The van der Waals surface area contributed by atoms with Crippen molar-refractivity contribution in [2.24, 2.45) is 7.05 Å². The Morgan fingerprint density at radius 1 is 1.65 bits per heavy atom. The molecule has 0 aliphatic carbocycles. The number of hydrogen-bond acceptors (Lipinski definition) is 6. The molecule has 2 rings (SSSR count). The number of carbonyl (C=O) groups is 1. The number of nitrogens with two attached hydrogens (primary N) is 1. The van der Waals surface area contributed by atoms with E-state index in [9.17, 15) is 4.79 Å². The molecule has 0 fully saturated rings. The van der Waals surface area contributed by atoms with Gasteiger partial charge in [0, 0.05) is 7.05 Å². The lowest BCUT2D eigenvalue weighted by Crippen LogP contribution is -2.17. The fourth-order valence-corrected chi connectivity index (χ4v) is 1.95. The Morgan fingerprint density at radius 2 is 2.41 bits per heavy atom. The van der Waals surface area contributed by atoms with E-state index in [0.717, 1.165) is 5.69 Å². The molecule has 90 valence electrons. The van der Waals surface area contributed by atoms with Gasteiger partial charge in [-0.15, -0.1) is 10.2 Å². The summed E-state index contributed by atoms with van der Waals surface area (Å²) in [5.41, 5.74) is 8.89. The van der Waals surface area contributed by atoms with Crippen LogP contribution in [0.5, 0.6) is 0 Å². The summed E-state index contributed by atoms with van der Waals surface area (Å²) < 4.78 is 1.48. The third kappa shape index (κ3) is 2.11. The number of nitrogens with zero attached hydrogens (tertiary/aromatic N) is 4. The Balaban J connectivity index is 2.28. The number of nitrogen functional groups attached to an aromatic ring is 1. The van der Waals surface area contributed by atoms with Crippen molar-refractivity contribution >= 4 is 28.1 Å². The van der Waals surface area contributed by atoms with Gasteiger partial charge in [-0.3, -0.25) is 14.8 Å². The lowest BCUT2D eigenvalue weighted by molar-refractivity contribution is 0.101. The standard InChI is InChI=1S/C9H12N6OS/c1-3-5-6(10)7(15(2)14-5)8(16)12-9-13-11-4-17-9/h4H,3,10H2,1-2H3,(H,12,13,16). The van der Waals surface area contributed by atoms with Gasteiger partial charge in [-0.2, -0.15) is 5.10 Å². The first-order valence-corrected chi connectivity index (χ1v) is 5.90. The summed E-state index contributed by atoms with van der Waals surface area (Å²) in [6.07, 6.45) is 0.686. The van der Waals surface area contributed by atoms with Crippen molar-refractivity contribution < 1.29 is 4.79 Å². The van der Waals surface area contributed by atoms with Crippen LogP contribution in [0.15, 0.2) is 5.51 Å². The minimum absolute atomic E-state index is 0.325. The average Bonchev–Trinajstić information content (AvgIpc) is 2.87. The highest BCUT2D eigenvalue weighted by Crippen LogP contribution is 2.18. The molecule has 0 aromatic carbocycles. The van der Waals surface area contributed by atoms with Crippen LogP contribution in [0, 0.1) is 0 Å². The molecule has 2 aromatic rings. The number of amides is 1. The van der Waals surface area contributed by atoms with Crippen LogP contribution in [0.3, 0.4) is 0 Å². The van der Waals surface area contributed by atoms with Gasteiger partial charge in [-0.25, -0.2) is 0 Å². The van der Waals surface area contributed by atoms with Crippen LogP contribution in [0.1, 0.15) is 23.1 Å². The average molecular weight is 252 g/mol. The second-order valence-electron chi connectivity index (χ2n) is 3.38. The van der Waals surface area contributed by atoms with Crippen molar-refractivity contribution in [2.75, 3.05) is 11.1 Å². The van der Waals surface area contributed by atoms with E-state index in [1.165, 1.54) is 16.0 Å². The fraction of sp³-hybridized carbons (Fsp3) is 0.333. The minimum Gasteiger partial charge on any atom is -0.395 e. The third-order valence-electron chi connectivity index (χ3n) is 2.29. The molecule has 8 heteroatoms. The number of carbonyl (C=O) groups excluding carboxylic acids is 1. The topological polar surface area (TPSA) is 98.7 Å². The van der Waals surface area contributed by atoms with Gasteiger partial charge in [0.15, 0.2) is 0 Å². The van der Waals surface area contributed by atoms with Crippen molar-refractivity contribution in [3.05, 3.63) is 16.9 Å². The molecule has 7 nitrogen and oxygen atoms in total. The zero-order chi connectivity index (χ0) is 12.4. The van der Waals surface area contributed by atoms with Crippen molar-refractivity contribution in [3.8, 4) is 0 Å². The van der Waals surface area contributed by atoms with Gasteiger partial charge < -0.3 is 5.73 Å². The van der Waals surface area contributed by atoms with Crippen molar-refractivity contribution in [1.29, 1.82) is 0 Å². The van der Waals surface area contributed by atoms with Crippen LogP contribution in [-0.4, -0.2) is 25.9 Å². The molecule has 2 heterocycles. The molecular formula is C9H12N6OS. The quantitative estimate of drug-likeness (QED) is 0.836. The van der Waals surface area contributed by atoms with E-state index in [0.29, 0.717) is 22.9 Å². The van der Waals surface area contributed by atoms with E-state index >= 15 is 0 Å². The first-order chi connectivity index (χ1) is 8.13. The summed E-state index contributed by atoms with van der Waals surface area (Å²) >= 11 is 1.25. The zero-order valence-corrected chi connectivity index (χ0v) is 10.3. The van der Waals surface area contributed by atoms with E-state index in [1.54, 1.807) is 12.6 Å². The molecule has 0 aliphatic heterocycles. The van der Waals surface area contributed by atoms with E-state index in [4.69, 9.17) is 5.73 Å². The monoisotopic (exact) mass is 252 g/mol. The summed E-state index contributed by atoms with van der Waals surface area (Å²) in [5.74, 6) is -0.325. The van der Waals surface area contributed by atoms with Crippen molar-refractivity contribution in [2.45, 2.75) is 13.3 Å². The summed E-state index contributed by atoms with van der Waals surface area (Å²) in [4.78, 5) is 12.0. The Morgan fingerprint density at radius 3 is 2.94 bits per heavy atom. The third-order valence-corrected chi connectivity index (χ3v) is 2.90. The summed E-state index contributed by atoms with van der Waals surface area (Å²) in [5, 5.41) is 14.6. The number of aromatic nitrogens is 4. The number of hydrogen-bond donors (Lipinski definition) is 2. The molecule has 0 bridgehead atoms. The maximum absolute atomic E-state index is 12.0. The van der Waals surface area contributed by atoms with Crippen LogP contribution in [0.25, 0.3) is 0 Å². The molecule has 0 aliphatic rings. The van der Waals surface area contributed by atoms with Crippen molar-refractivity contribution in [3.63, 3.8) is 0 Å². The molecule has 0 atom stereocenters. The Bertz CT molecular complexity index is 532. The highest BCUT2D eigenvalue weighted by Gasteiger charge is 2.19. The predicted octanol–water partition coefficient (Wildman–Crippen LogP) is 0.668. The van der Waals surface area contributed by atoms with E-state index in [-0.39, 0.29) is 5.91 Å². The highest BCUT2D eigenvalue weighted by atomic mass is 32.1. The van der Waals surface area contributed by atoms with Gasteiger partial charge >= 0.3 is 0 Å². The van der Waals surface area contributed by atoms with Crippen LogP contribution < -0.4 is 11.1 Å². The maximum atomic E-state index is 12.0. The SMILES string of the molecule is CCc1nn(C)c(C(=O)Nc2nncs2)c1N. The summed E-state index contributed by atoms with van der Waals surface area (Å²) in [6.45, 7) is 1.94. The number of rotatable bonds is 3. The molecule has 0 unspecified atom stereocenters. The lowest BCUT2D eigenvalue weighted by atomic mass is 10.2. The second kappa shape index (κ2) is 4.50. The first-order valence-electron chi connectivity index (χ1n) is 5.02. The number of nitrogens with one attached hydrogen (secondary N) is 1. The molecule has 0 saturated carbocycles. The van der Waals surface area contributed by atoms with Crippen molar-refractivity contribution in [1.82, 2.24) is 20.0 Å². The fourth-order valence-electron chi connectivity index (χ4n) is 1.51. The molecule has 0 saturated heterocycles. The Kier molecular flexibility index (Phi) is 3.05. The molecular weight excluding hydrogens is 240 g/mol. The van der Waals surface area contributed by atoms with Crippen LogP contribution >= 0.6 is 11.3 Å². The molecule has 2 aromatic heterocycles. The van der Waals surface area contributed by atoms with Gasteiger partial charge in [0.1, 0.15) is 11.2 Å². The molecule has 3 N–H and O–H groups in total. The predicted molar refractivity (Wildman–Crippen MR) is 64.9 cm³/mol. The number of aryl methyl sites for hydroxylation is 2. The summed E-state index contributed by atoms with van der Waals surface area (Å²) in [6, 6.07) is 0. The minimum atomic E-state index is -0.325. The van der Waals surface area contributed by atoms with Gasteiger partial charge in [0.2, 0.25) is 5.13 Å². The van der Waals surface area contributed by atoms with E-state index < -0.39 is 0 Å². The van der Waals surface area contributed by atoms with Gasteiger partial charge in [-0.05, 0) is 6.42 Å². The first kappa shape index (κ1) is 11.5. The largest absolute Gasteiger partial charge is 0.395 e. The molecule has 0 radical (unpaired) electrons. The highest BCUT2D eigenvalue weighted by molar-refractivity contribution is 7.13. The van der Waals surface area contributed by atoms with E-state index in [1.807, 2.05) is 6.92 Å². The molecule has 1 amide bonds. The van der Waals surface area contributed by atoms with E-state index in [2.05, 4.69) is 20.6 Å². The van der Waals surface area contributed by atoms with Crippen LogP contribution in [-0.2, 0) is 13.5 Å². The van der Waals surface area contributed by atoms with Gasteiger partial charge in [0.25, 0.3) is 5.91 Å². The molecule has 0 spiro atoms. The summed E-state index contributed by atoms with van der Waals surface area (Å²) in [7, 11) is 1.69.